The molecule has 1 atom stereocenters. The standard InChI is InChI=1S/C26H28ClN3O4/c1-2-34-26(33)22(15-17-7-9-18(27)10-8-17)29-24(31)11-12-25(32)30-14-13-20-19-5-3-4-6-21(19)28-23(20)16-30/h3-10,22,28H,2,11-16H2,1H3,(H,29,31). The van der Waals surface area contributed by atoms with Gasteiger partial charge >= 0.3 is 5.97 Å². The minimum atomic E-state index is -0.826. The van der Waals surface area contributed by atoms with Crippen LogP contribution in [0.15, 0.2) is 48.5 Å². The van der Waals surface area contributed by atoms with E-state index in [1.807, 2.05) is 18.2 Å². The van der Waals surface area contributed by atoms with Gasteiger partial charge in [0.1, 0.15) is 6.04 Å². The molecule has 2 amide bonds. The number of esters is 1. The van der Waals surface area contributed by atoms with Gasteiger partial charge in [-0.05, 0) is 42.7 Å². The SMILES string of the molecule is CCOC(=O)C(Cc1ccc(Cl)cc1)NC(=O)CCC(=O)N1CCc2c([nH]c3ccccc23)C1. The normalized spacial score (nSPS) is 13.9. The molecular weight excluding hydrogens is 454 g/mol. The second-order valence-corrected chi connectivity index (χ2v) is 8.83. The lowest BCUT2D eigenvalue weighted by atomic mass is 10.0. The van der Waals surface area contributed by atoms with Gasteiger partial charge in [0.15, 0.2) is 0 Å². The van der Waals surface area contributed by atoms with Crippen LogP contribution in [0.1, 0.15) is 36.6 Å². The van der Waals surface area contributed by atoms with Gasteiger partial charge in [0.05, 0.1) is 13.2 Å². The highest BCUT2D eigenvalue weighted by Gasteiger charge is 2.26. The monoisotopic (exact) mass is 481 g/mol. The summed E-state index contributed by atoms with van der Waals surface area (Å²) in [6.07, 6.45) is 1.15. The summed E-state index contributed by atoms with van der Waals surface area (Å²) in [5.74, 6) is -0.937. The second kappa shape index (κ2) is 10.7. The van der Waals surface area contributed by atoms with E-state index in [1.54, 1.807) is 36.1 Å². The van der Waals surface area contributed by atoms with E-state index in [-0.39, 0.29) is 37.7 Å². The van der Waals surface area contributed by atoms with Crippen LogP contribution < -0.4 is 5.32 Å². The maximum Gasteiger partial charge on any atom is 0.328 e. The molecule has 0 fully saturated rings. The largest absolute Gasteiger partial charge is 0.464 e. The first-order chi connectivity index (χ1) is 16.4. The van der Waals surface area contributed by atoms with Crippen molar-refractivity contribution in [2.75, 3.05) is 13.2 Å². The van der Waals surface area contributed by atoms with Crippen molar-refractivity contribution in [3.63, 3.8) is 0 Å². The fraction of sp³-hybridized carbons (Fsp3) is 0.346. The zero-order valence-electron chi connectivity index (χ0n) is 19.1. The number of carbonyl (C=O) groups excluding carboxylic acids is 3. The van der Waals surface area contributed by atoms with Crippen LogP contribution in [-0.2, 0) is 38.5 Å². The molecule has 1 aromatic heterocycles. The molecule has 1 aliphatic heterocycles. The summed E-state index contributed by atoms with van der Waals surface area (Å²) in [5.41, 5.74) is 4.24. The van der Waals surface area contributed by atoms with Gasteiger partial charge in [-0.1, -0.05) is 41.9 Å². The third kappa shape index (κ3) is 5.59. The van der Waals surface area contributed by atoms with Gasteiger partial charge in [0.2, 0.25) is 11.8 Å². The number of aromatic nitrogens is 1. The number of amides is 2. The van der Waals surface area contributed by atoms with Crippen molar-refractivity contribution >= 4 is 40.3 Å². The lowest BCUT2D eigenvalue weighted by Crippen LogP contribution is -2.44. The van der Waals surface area contributed by atoms with Gasteiger partial charge in [-0.15, -0.1) is 0 Å². The predicted molar refractivity (Wildman–Crippen MR) is 130 cm³/mol. The Labute approximate surface area is 203 Å². The molecular formula is C26H28ClN3O4. The van der Waals surface area contributed by atoms with E-state index >= 15 is 0 Å². The summed E-state index contributed by atoms with van der Waals surface area (Å²) in [5, 5.41) is 4.53. The van der Waals surface area contributed by atoms with E-state index in [4.69, 9.17) is 16.3 Å². The molecule has 1 aliphatic rings. The Morgan fingerprint density at radius 3 is 2.65 bits per heavy atom. The van der Waals surface area contributed by atoms with Gasteiger partial charge < -0.3 is 19.9 Å². The van der Waals surface area contributed by atoms with Crippen molar-refractivity contribution in [2.24, 2.45) is 0 Å². The first-order valence-corrected chi connectivity index (χ1v) is 11.9. The average molecular weight is 482 g/mol. The van der Waals surface area contributed by atoms with Crippen LogP contribution in [0.25, 0.3) is 10.9 Å². The number of para-hydroxylation sites is 1. The van der Waals surface area contributed by atoms with E-state index < -0.39 is 12.0 Å². The molecule has 0 radical (unpaired) electrons. The number of H-pyrrole nitrogens is 1. The number of ether oxygens (including phenoxy) is 1. The van der Waals surface area contributed by atoms with Gasteiger partial charge in [-0.3, -0.25) is 9.59 Å². The van der Waals surface area contributed by atoms with Crippen LogP contribution >= 0.6 is 11.6 Å². The van der Waals surface area contributed by atoms with Crippen molar-refractivity contribution in [2.45, 2.75) is 45.2 Å². The van der Waals surface area contributed by atoms with Crippen molar-refractivity contribution in [3.05, 3.63) is 70.4 Å². The van der Waals surface area contributed by atoms with E-state index in [2.05, 4.69) is 16.4 Å². The third-order valence-electron chi connectivity index (χ3n) is 6.06. The first kappa shape index (κ1) is 23.8. The van der Waals surface area contributed by atoms with Crippen LogP contribution in [0.4, 0.5) is 0 Å². The minimum absolute atomic E-state index is 0.00537. The summed E-state index contributed by atoms with van der Waals surface area (Å²) in [6, 6.07) is 14.4. The quantitative estimate of drug-likeness (QED) is 0.479. The van der Waals surface area contributed by atoms with Crippen molar-refractivity contribution < 1.29 is 19.1 Å². The summed E-state index contributed by atoms with van der Waals surface area (Å²) >= 11 is 5.93. The molecule has 3 aromatic rings. The maximum absolute atomic E-state index is 12.8. The molecule has 2 heterocycles. The van der Waals surface area contributed by atoms with Crippen molar-refractivity contribution in [1.82, 2.24) is 15.2 Å². The molecule has 4 rings (SSSR count). The highest BCUT2D eigenvalue weighted by molar-refractivity contribution is 6.30. The highest BCUT2D eigenvalue weighted by atomic mass is 35.5. The summed E-state index contributed by atoms with van der Waals surface area (Å²) in [7, 11) is 0. The Bertz CT molecular complexity index is 1190. The summed E-state index contributed by atoms with van der Waals surface area (Å²) in [6.45, 7) is 3.06. The molecule has 7 nitrogen and oxygen atoms in total. The molecule has 0 spiro atoms. The van der Waals surface area contributed by atoms with Crippen molar-refractivity contribution in [1.29, 1.82) is 0 Å². The molecule has 178 valence electrons. The highest BCUT2D eigenvalue weighted by Crippen LogP contribution is 2.27. The molecule has 0 saturated carbocycles. The lowest BCUT2D eigenvalue weighted by molar-refractivity contribution is -0.147. The Balaban J connectivity index is 1.32. The number of halogens is 1. The molecule has 2 N–H and O–H groups in total. The number of nitrogens with one attached hydrogen (secondary N) is 2. The van der Waals surface area contributed by atoms with E-state index in [9.17, 15) is 14.4 Å². The Hall–Kier alpha value is -3.32. The fourth-order valence-corrected chi connectivity index (χ4v) is 4.47. The average Bonchev–Trinajstić information content (AvgIpc) is 3.21. The van der Waals surface area contributed by atoms with Gasteiger partial charge in [-0.2, -0.15) is 0 Å². The van der Waals surface area contributed by atoms with Crippen LogP contribution in [-0.4, -0.2) is 46.9 Å². The zero-order valence-corrected chi connectivity index (χ0v) is 19.9. The topological polar surface area (TPSA) is 91.5 Å². The van der Waals surface area contributed by atoms with Crippen LogP contribution in [0, 0.1) is 0 Å². The van der Waals surface area contributed by atoms with Gasteiger partial charge in [-0.25, -0.2) is 4.79 Å². The molecule has 34 heavy (non-hydrogen) atoms. The predicted octanol–water partition coefficient (Wildman–Crippen LogP) is 3.78. The minimum Gasteiger partial charge on any atom is -0.464 e. The van der Waals surface area contributed by atoms with Crippen LogP contribution in [0.3, 0.4) is 0 Å². The Kier molecular flexibility index (Phi) is 7.53. The number of benzene rings is 2. The van der Waals surface area contributed by atoms with Crippen molar-refractivity contribution in [3.8, 4) is 0 Å². The number of fused-ring (bicyclic) bond motifs is 3. The number of rotatable bonds is 8. The van der Waals surface area contributed by atoms with Crippen LogP contribution in [0.2, 0.25) is 5.02 Å². The molecule has 8 heteroatoms. The number of hydrogen-bond donors (Lipinski definition) is 2. The number of hydrogen-bond acceptors (Lipinski definition) is 4. The lowest BCUT2D eigenvalue weighted by Gasteiger charge is -2.27. The number of aromatic amines is 1. The van der Waals surface area contributed by atoms with Crippen LogP contribution in [0.5, 0.6) is 0 Å². The molecule has 1 unspecified atom stereocenters. The molecule has 2 aromatic carbocycles. The van der Waals surface area contributed by atoms with Gasteiger partial charge in [0.25, 0.3) is 0 Å². The zero-order chi connectivity index (χ0) is 24.1. The Morgan fingerprint density at radius 1 is 1.12 bits per heavy atom. The van der Waals surface area contributed by atoms with E-state index in [0.29, 0.717) is 18.1 Å². The third-order valence-corrected chi connectivity index (χ3v) is 6.31. The smallest absolute Gasteiger partial charge is 0.328 e. The van der Waals surface area contributed by atoms with Gasteiger partial charge in [0, 0.05) is 47.4 Å². The maximum atomic E-state index is 12.8. The fourth-order valence-electron chi connectivity index (χ4n) is 4.34. The first-order valence-electron chi connectivity index (χ1n) is 11.5. The van der Waals surface area contributed by atoms with E-state index in [1.165, 1.54) is 10.9 Å². The number of nitrogens with zero attached hydrogens (tertiary/aromatic N) is 1. The summed E-state index contributed by atoms with van der Waals surface area (Å²) in [4.78, 5) is 43.0. The molecule has 0 saturated heterocycles. The molecule has 0 bridgehead atoms. The second-order valence-electron chi connectivity index (χ2n) is 8.40. The van der Waals surface area contributed by atoms with E-state index in [0.717, 1.165) is 23.2 Å². The number of carbonyl (C=O) groups is 3. The Morgan fingerprint density at radius 2 is 1.88 bits per heavy atom. The summed E-state index contributed by atoms with van der Waals surface area (Å²) < 4.78 is 5.12. The molecule has 0 aliphatic carbocycles.